The van der Waals surface area contributed by atoms with Gasteiger partial charge < -0.3 is 9.47 Å². The first-order valence-corrected chi connectivity index (χ1v) is 14.0. The molecule has 0 bridgehead atoms. The maximum atomic E-state index is 12.6. The number of carbonyl (C=O) groups excluding carboxylic acids is 2. The number of anilines is 1. The van der Waals surface area contributed by atoms with Crippen molar-refractivity contribution < 1.29 is 19.1 Å². The van der Waals surface area contributed by atoms with E-state index < -0.39 is 6.09 Å². The summed E-state index contributed by atoms with van der Waals surface area (Å²) in [5.41, 5.74) is 4.16. The Morgan fingerprint density at radius 2 is 1.78 bits per heavy atom. The minimum atomic E-state index is -0.542. The summed E-state index contributed by atoms with van der Waals surface area (Å²) < 4.78 is 11.8. The van der Waals surface area contributed by atoms with Crippen LogP contribution in [0.2, 0.25) is 4.34 Å². The smallest absolute Gasteiger partial charge is 0.412 e. The third kappa shape index (κ3) is 5.17. The first-order chi connectivity index (χ1) is 17.8. The number of halogens is 1. The molecule has 1 atom stereocenters. The third-order valence-corrected chi connectivity index (χ3v) is 9.15. The van der Waals surface area contributed by atoms with Crippen LogP contribution in [0.15, 0.2) is 66.0 Å². The van der Waals surface area contributed by atoms with Crippen LogP contribution in [0.3, 0.4) is 0 Å². The molecule has 2 aromatic heterocycles. The van der Waals surface area contributed by atoms with Crippen molar-refractivity contribution in [3.8, 4) is 27.3 Å². The topological polar surface area (TPSA) is 64.6 Å². The lowest BCUT2D eigenvalue weighted by atomic mass is 9.90. The minimum Gasteiger partial charge on any atom is -0.496 e. The van der Waals surface area contributed by atoms with Gasteiger partial charge in [-0.25, -0.2) is 4.79 Å². The third-order valence-electron chi connectivity index (χ3n) is 6.80. The molecule has 190 valence electrons. The van der Waals surface area contributed by atoms with Crippen LogP contribution in [0, 0.1) is 0 Å². The number of methoxy groups -OCH3 is 1. The zero-order chi connectivity index (χ0) is 26.2. The second-order valence-electron chi connectivity index (χ2n) is 9.11. The number of hydrogen-bond acceptors (Lipinski definition) is 6. The van der Waals surface area contributed by atoms with E-state index in [-0.39, 0.29) is 17.3 Å². The van der Waals surface area contributed by atoms with Crippen LogP contribution >= 0.6 is 34.3 Å². The molecular weight excluding hydrogens is 526 g/mol. The van der Waals surface area contributed by atoms with Gasteiger partial charge in [0.25, 0.3) is 0 Å². The second kappa shape index (κ2) is 10.3. The molecule has 8 heteroatoms. The van der Waals surface area contributed by atoms with Crippen LogP contribution in [-0.4, -0.2) is 19.0 Å². The normalized spacial score (nSPS) is 14.6. The molecule has 4 aromatic rings. The average molecular weight is 552 g/mol. The molecule has 0 radical (unpaired) electrons. The van der Waals surface area contributed by atoms with Crippen molar-refractivity contribution in [3.63, 3.8) is 0 Å². The molecule has 1 amide bonds. The summed E-state index contributed by atoms with van der Waals surface area (Å²) in [6.45, 7) is 3.51. The van der Waals surface area contributed by atoms with Crippen molar-refractivity contribution in [1.29, 1.82) is 0 Å². The van der Waals surface area contributed by atoms with Crippen molar-refractivity contribution in [1.82, 2.24) is 0 Å². The quantitative estimate of drug-likeness (QED) is 0.238. The van der Waals surface area contributed by atoms with E-state index in [1.165, 1.54) is 11.3 Å². The number of ketones is 1. The molecule has 2 aromatic carbocycles. The summed E-state index contributed by atoms with van der Waals surface area (Å²) >= 11 is 9.25. The summed E-state index contributed by atoms with van der Waals surface area (Å²) in [5.74, 6) is 0.924. The maximum absolute atomic E-state index is 12.6. The molecule has 0 saturated heterocycles. The highest BCUT2D eigenvalue weighted by Crippen LogP contribution is 2.49. The second-order valence-corrected chi connectivity index (χ2v) is 11.8. The lowest BCUT2D eigenvalue weighted by molar-refractivity contribution is -0.119. The molecular formula is C29H26ClNO4S2. The van der Waals surface area contributed by atoms with Gasteiger partial charge in [0.2, 0.25) is 0 Å². The average Bonchev–Trinajstić information content (AvgIpc) is 3.35. The highest BCUT2D eigenvalue weighted by atomic mass is 35.5. The lowest BCUT2D eigenvalue weighted by Crippen LogP contribution is -2.16. The molecule has 0 aliphatic heterocycles. The highest BCUT2D eigenvalue weighted by Gasteiger charge is 2.48. The number of hydrogen-bond donors (Lipinski definition) is 1. The molecule has 1 aliphatic carbocycles. The number of carbonyl (C=O) groups is 2. The number of Topliss-reactive ketones (excluding diaryl/α,β-unsaturated/α-hetero) is 1. The van der Waals surface area contributed by atoms with Gasteiger partial charge in [0.15, 0.2) is 0 Å². The number of rotatable bonds is 8. The summed E-state index contributed by atoms with van der Waals surface area (Å²) in [7, 11) is 1.63. The Balaban J connectivity index is 1.38. The lowest BCUT2D eigenvalue weighted by Gasteiger charge is -2.15. The van der Waals surface area contributed by atoms with E-state index in [1.807, 2.05) is 66.9 Å². The molecule has 2 heterocycles. The van der Waals surface area contributed by atoms with Gasteiger partial charge in [0.1, 0.15) is 17.6 Å². The van der Waals surface area contributed by atoms with Gasteiger partial charge in [0, 0.05) is 10.4 Å². The first-order valence-electron chi connectivity index (χ1n) is 11.9. The van der Waals surface area contributed by atoms with Gasteiger partial charge in [-0.05, 0) is 67.0 Å². The van der Waals surface area contributed by atoms with Crippen molar-refractivity contribution in [3.05, 3.63) is 80.8 Å². The van der Waals surface area contributed by atoms with E-state index in [0.717, 1.165) is 44.8 Å². The predicted molar refractivity (Wildman–Crippen MR) is 151 cm³/mol. The van der Waals surface area contributed by atoms with Crippen molar-refractivity contribution in [2.24, 2.45) is 0 Å². The fourth-order valence-corrected chi connectivity index (χ4v) is 6.45. The minimum absolute atomic E-state index is 0.228. The van der Waals surface area contributed by atoms with Gasteiger partial charge in [-0.1, -0.05) is 54.1 Å². The molecule has 1 fully saturated rings. The molecule has 5 rings (SSSR count). The summed E-state index contributed by atoms with van der Waals surface area (Å²) in [4.78, 5) is 26.5. The highest BCUT2D eigenvalue weighted by molar-refractivity contribution is 7.20. The number of nitrogens with one attached hydrogen (secondary N) is 1. The number of ether oxygens (including phenoxy) is 2. The molecule has 0 spiro atoms. The summed E-state index contributed by atoms with van der Waals surface area (Å²) in [6, 6.07) is 19.7. The number of benzene rings is 2. The van der Waals surface area contributed by atoms with E-state index in [2.05, 4.69) is 5.32 Å². The summed E-state index contributed by atoms with van der Waals surface area (Å²) in [5, 5.41) is 4.79. The van der Waals surface area contributed by atoms with E-state index >= 15 is 0 Å². The van der Waals surface area contributed by atoms with Crippen LogP contribution in [0.25, 0.3) is 21.6 Å². The Hall–Kier alpha value is -3.13. The number of amides is 1. The van der Waals surface area contributed by atoms with E-state index in [0.29, 0.717) is 15.8 Å². The van der Waals surface area contributed by atoms with Crippen molar-refractivity contribution in [2.45, 2.75) is 38.2 Å². The maximum Gasteiger partial charge on any atom is 0.412 e. The molecule has 1 aliphatic rings. The van der Waals surface area contributed by atoms with Gasteiger partial charge in [-0.2, -0.15) is 0 Å². The van der Waals surface area contributed by atoms with E-state index in [4.69, 9.17) is 21.1 Å². The van der Waals surface area contributed by atoms with Crippen LogP contribution in [0.5, 0.6) is 5.75 Å². The predicted octanol–water partition coefficient (Wildman–Crippen LogP) is 8.74. The van der Waals surface area contributed by atoms with E-state index in [9.17, 15) is 9.59 Å². The fourth-order valence-electron chi connectivity index (χ4n) is 4.56. The zero-order valence-corrected chi connectivity index (χ0v) is 23.1. The molecule has 37 heavy (non-hydrogen) atoms. The SMILES string of the molecule is COc1cc(-c2sc(Cl)cc2NC(=O)O[C@H](C)c2cccs2)ccc1-c1ccc(C2(C(C)=O)CC2)cc1. The van der Waals surface area contributed by atoms with E-state index in [1.54, 1.807) is 31.4 Å². The fraction of sp³-hybridized carbons (Fsp3) is 0.241. The molecule has 0 unspecified atom stereocenters. The zero-order valence-electron chi connectivity index (χ0n) is 20.7. The summed E-state index contributed by atoms with van der Waals surface area (Å²) in [6.07, 6.45) is 0.938. The molecule has 5 nitrogen and oxygen atoms in total. The van der Waals surface area contributed by atoms with Crippen LogP contribution in [0.1, 0.15) is 43.2 Å². The monoisotopic (exact) mass is 551 g/mol. The Morgan fingerprint density at radius 1 is 1.05 bits per heavy atom. The van der Waals surface area contributed by atoms with Crippen LogP contribution in [-0.2, 0) is 14.9 Å². The van der Waals surface area contributed by atoms with Gasteiger partial charge in [-0.15, -0.1) is 22.7 Å². The Labute approximate surface area is 229 Å². The Bertz CT molecular complexity index is 1440. The van der Waals surface area contributed by atoms with Crippen molar-refractivity contribution in [2.75, 3.05) is 12.4 Å². The molecule has 1 saturated carbocycles. The van der Waals surface area contributed by atoms with Gasteiger partial charge in [0.05, 0.1) is 27.4 Å². The Morgan fingerprint density at radius 3 is 2.41 bits per heavy atom. The van der Waals surface area contributed by atoms with Gasteiger partial charge in [-0.3, -0.25) is 10.1 Å². The largest absolute Gasteiger partial charge is 0.496 e. The Kier molecular flexibility index (Phi) is 7.12. The van der Waals surface area contributed by atoms with Gasteiger partial charge >= 0.3 is 6.09 Å². The van der Waals surface area contributed by atoms with Crippen molar-refractivity contribution >= 4 is 51.8 Å². The van der Waals surface area contributed by atoms with Crippen LogP contribution < -0.4 is 10.1 Å². The first kappa shape index (κ1) is 25.5. The number of thiophene rings is 2. The van der Waals surface area contributed by atoms with Crippen LogP contribution in [0.4, 0.5) is 10.5 Å². The standard InChI is InChI=1S/C29H26ClNO4S2/c1-17(25-5-4-14-36-25)35-28(33)31-23-16-26(30)37-27(23)20-8-11-22(24(15-20)34-3)19-6-9-21(10-7-19)29(12-13-29)18(2)32/h4-11,14-17H,12-13H2,1-3H3,(H,31,33)/t17-/m1/s1. The molecule has 1 N–H and O–H groups in total.